The zero-order valence-electron chi connectivity index (χ0n) is 14.9. The van der Waals surface area contributed by atoms with Gasteiger partial charge >= 0.3 is 6.09 Å². The van der Waals surface area contributed by atoms with Gasteiger partial charge in [-0.15, -0.1) is 0 Å². The Morgan fingerprint density at radius 3 is 2.39 bits per heavy atom. The largest absolute Gasteiger partial charge is 0.444 e. The summed E-state index contributed by atoms with van der Waals surface area (Å²) in [6.07, 6.45) is 4.71. The normalized spacial score (nSPS) is 31.8. The first-order chi connectivity index (χ1) is 10.8. The van der Waals surface area contributed by atoms with E-state index in [0.29, 0.717) is 12.6 Å². The monoisotopic (exact) mass is 328 g/mol. The zero-order valence-corrected chi connectivity index (χ0v) is 14.9. The molecule has 2 N–H and O–H groups in total. The van der Waals surface area contributed by atoms with Crippen molar-refractivity contribution in [3.63, 3.8) is 0 Å². The highest BCUT2D eigenvalue weighted by molar-refractivity contribution is 5.68. The predicted octanol–water partition coefficient (Wildman–Crippen LogP) is 2.22. The highest BCUT2D eigenvalue weighted by atomic mass is 16.6. The molecule has 6 heteroatoms. The number of amides is 1. The first-order valence-corrected chi connectivity index (χ1v) is 8.68. The van der Waals surface area contributed by atoms with Gasteiger partial charge in [0, 0.05) is 38.8 Å². The van der Waals surface area contributed by atoms with Gasteiger partial charge in [-0.3, -0.25) is 0 Å². The summed E-state index contributed by atoms with van der Waals surface area (Å²) < 4.78 is 16.4. The molecule has 23 heavy (non-hydrogen) atoms. The molecule has 0 aromatic rings. The van der Waals surface area contributed by atoms with E-state index in [9.17, 15) is 4.79 Å². The molecular formula is C17H32N2O4. The fourth-order valence-electron chi connectivity index (χ4n) is 3.21. The summed E-state index contributed by atoms with van der Waals surface area (Å²) in [5.74, 6) is 0. The second-order valence-corrected chi connectivity index (χ2v) is 7.77. The van der Waals surface area contributed by atoms with Crippen molar-refractivity contribution in [3.8, 4) is 0 Å². The molecule has 1 unspecified atom stereocenters. The molecule has 2 rings (SSSR count). The van der Waals surface area contributed by atoms with Crippen LogP contribution in [0.1, 0.15) is 52.9 Å². The third-order valence-corrected chi connectivity index (χ3v) is 4.66. The van der Waals surface area contributed by atoms with Crippen LogP contribution >= 0.6 is 0 Å². The molecule has 0 radical (unpaired) electrons. The van der Waals surface area contributed by atoms with Crippen molar-refractivity contribution in [2.45, 2.75) is 76.2 Å². The minimum Gasteiger partial charge on any atom is -0.444 e. The first-order valence-electron chi connectivity index (χ1n) is 8.68. The summed E-state index contributed by atoms with van der Waals surface area (Å²) in [5.41, 5.74) is -0.605. The number of carbonyl (C=O) groups is 1. The lowest BCUT2D eigenvalue weighted by molar-refractivity contribution is -0.0183. The maximum absolute atomic E-state index is 11.8. The Kier molecular flexibility index (Phi) is 6.28. The van der Waals surface area contributed by atoms with E-state index >= 15 is 0 Å². The van der Waals surface area contributed by atoms with Gasteiger partial charge in [-0.2, -0.15) is 0 Å². The average Bonchev–Trinajstić information content (AvgIpc) is 2.94. The summed E-state index contributed by atoms with van der Waals surface area (Å²) in [7, 11) is 1.76. The van der Waals surface area contributed by atoms with Gasteiger partial charge in [0.2, 0.25) is 0 Å². The Bertz CT molecular complexity index is 381. The van der Waals surface area contributed by atoms with Crippen LogP contribution in [0.5, 0.6) is 0 Å². The number of nitrogens with one attached hydrogen (secondary N) is 2. The van der Waals surface area contributed by atoms with Crippen LogP contribution in [0, 0.1) is 0 Å². The van der Waals surface area contributed by atoms with Crippen LogP contribution < -0.4 is 10.6 Å². The lowest BCUT2D eigenvalue weighted by atomic mass is 9.90. The predicted molar refractivity (Wildman–Crippen MR) is 88.6 cm³/mol. The molecule has 1 aliphatic carbocycles. The van der Waals surface area contributed by atoms with Gasteiger partial charge in [-0.1, -0.05) is 0 Å². The van der Waals surface area contributed by atoms with E-state index in [4.69, 9.17) is 14.2 Å². The van der Waals surface area contributed by atoms with Crippen molar-refractivity contribution in [1.29, 1.82) is 0 Å². The average molecular weight is 328 g/mol. The minimum absolute atomic E-state index is 0.161. The van der Waals surface area contributed by atoms with Crippen LogP contribution in [0.3, 0.4) is 0 Å². The lowest BCUT2D eigenvalue weighted by Gasteiger charge is -2.33. The van der Waals surface area contributed by atoms with E-state index in [1.165, 1.54) is 0 Å². The van der Waals surface area contributed by atoms with Crippen molar-refractivity contribution in [2.75, 3.05) is 26.9 Å². The summed E-state index contributed by atoms with van der Waals surface area (Å²) in [6, 6.07) is 0.702. The topological polar surface area (TPSA) is 68.8 Å². The van der Waals surface area contributed by atoms with E-state index in [2.05, 4.69) is 10.6 Å². The molecule has 0 bridgehead atoms. The standard InChI is InChI=1S/C17H32N2O4/c1-16(2,3)23-15(20)19-14-7-5-13(6-8-14)18-11-17(21-4)9-10-22-12-17/h13-14,18H,5-12H2,1-4H3,(H,19,20). The Hall–Kier alpha value is -0.850. The third-order valence-electron chi connectivity index (χ3n) is 4.66. The van der Waals surface area contributed by atoms with E-state index in [0.717, 1.165) is 45.3 Å². The summed E-state index contributed by atoms with van der Waals surface area (Å²) in [4.78, 5) is 11.8. The van der Waals surface area contributed by atoms with Crippen LogP contribution in [-0.2, 0) is 14.2 Å². The van der Waals surface area contributed by atoms with Gasteiger partial charge in [0.05, 0.1) is 6.61 Å². The molecule has 0 spiro atoms. The SMILES string of the molecule is COC1(CNC2CCC(NC(=O)OC(C)(C)C)CC2)CCOC1. The quantitative estimate of drug-likeness (QED) is 0.810. The molecule has 6 nitrogen and oxygen atoms in total. The third kappa shape index (κ3) is 5.94. The Balaban J connectivity index is 1.67. The highest BCUT2D eigenvalue weighted by Gasteiger charge is 2.35. The van der Waals surface area contributed by atoms with E-state index in [1.807, 2.05) is 20.8 Å². The Morgan fingerprint density at radius 1 is 1.22 bits per heavy atom. The number of ether oxygens (including phenoxy) is 3. The Labute approximate surface area is 139 Å². The van der Waals surface area contributed by atoms with Gasteiger partial charge in [0.25, 0.3) is 0 Å². The number of alkyl carbamates (subject to hydrolysis) is 1. The van der Waals surface area contributed by atoms with Gasteiger partial charge in [-0.05, 0) is 46.5 Å². The van der Waals surface area contributed by atoms with Crippen LogP contribution in [0.2, 0.25) is 0 Å². The number of hydrogen-bond donors (Lipinski definition) is 2. The first kappa shape index (κ1) is 18.5. The fraction of sp³-hybridized carbons (Fsp3) is 0.941. The van der Waals surface area contributed by atoms with Crippen LogP contribution in [0.15, 0.2) is 0 Å². The lowest BCUT2D eigenvalue weighted by Crippen LogP contribution is -2.49. The second kappa shape index (κ2) is 7.81. The van der Waals surface area contributed by atoms with Gasteiger partial charge in [-0.25, -0.2) is 4.79 Å². The molecule has 1 aliphatic heterocycles. The summed E-state index contributed by atoms with van der Waals surface area (Å²) >= 11 is 0. The van der Waals surface area contributed by atoms with Crippen LogP contribution in [0.25, 0.3) is 0 Å². The maximum Gasteiger partial charge on any atom is 0.407 e. The van der Waals surface area contributed by atoms with Gasteiger partial charge in [0.1, 0.15) is 11.2 Å². The number of hydrogen-bond acceptors (Lipinski definition) is 5. The molecule has 1 heterocycles. The highest BCUT2D eigenvalue weighted by Crippen LogP contribution is 2.24. The van der Waals surface area contributed by atoms with Crippen molar-refractivity contribution in [2.24, 2.45) is 0 Å². The van der Waals surface area contributed by atoms with Crippen molar-refractivity contribution < 1.29 is 19.0 Å². The number of methoxy groups -OCH3 is 1. The Morgan fingerprint density at radius 2 is 1.87 bits per heavy atom. The van der Waals surface area contributed by atoms with E-state index < -0.39 is 5.60 Å². The molecule has 0 aromatic carbocycles. The van der Waals surface area contributed by atoms with E-state index in [-0.39, 0.29) is 17.7 Å². The van der Waals surface area contributed by atoms with Gasteiger partial charge < -0.3 is 24.8 Å². The summed E-state index contributed by atoms with van der Waals surface area (Å²) in [6.45, 7) is 7.93. The van der Waals surface area contributed by atoms with Gasteiger partial charge in [0.15, 0.2) is 0 Å². The second-order valence-electron chi connectivity index (χ2n) is 7.77. The molecule has 2 fully saturated rings. The van der Waals surface area contributed by atoms with Crippen LogP contribution in [0.4, 0.5) is 4.79 Å². The molecule has 0 aromatic heterocycles. The van der Waals surface area contributed by atoms with Crippen LogP contribution in [-0.4, -0.2) is 56.2 Å². The van der Waals surface area contributed by atoms with Crippen molar-refractivity contribution in [3.05, 3.63) is 0 Å². The number of carbonyl (C=O) groups excluding carboxylic acids is 1. The molecule has 2 aliphatic rings. The zero-order chi connectivity index (χ0) is 16.9. The smallest absolute Gasteiger partial charge is 0.407 e. The minimum atomic E-state index is -0.444. The summed E-state index contributed by atoms with van der Waals surface area (Å²) in [5, 5.41) is 6.60. The molecule has 134 valence electrons. The molecule has 1 saturated carbocycles. The number of rotatable bonds is 5. The maximum atomic E-state index is 11.8. The molecule has 1 saturated heterocycles. The fourth-order valence-corrected chi connectivity index (χ4v) is 3.21. The van der Waals surface area contributed by atoms with Crippen molar-refractivity contribution in [1.82, 2.24) is 10.6 Å². The molecule has 1 atom stereocenters. The van der Waals surface area contributed by atoms with Crippen molar-refractivity contribution >= 4 is 6.09 Å². The van der Waals surface area contributed by atoms with E-state index in [1.54, 1.807) is 7.11 Å². The molecule has 1 amide bonds. The molecular weight excluding hydrogens is 296 g/mol.